The summed E-state index contributed by atoms with van der Waals surface area (Å²) in [6, 6.07) is 7.35. The number of nitrogens with zero attached hydrogens (tertiary/aromatic N) is 2. The van der Waals surface area contributed by atoms with Crippen LogP contribution in [0, 0.1) is 6.92 Å². The van der Waals surface area contributed by atoms with Crippen LogP contribution in [0.3, 0.4) is 0 Å². The van der Waals surface area contributed by atoms with Gasteiger partial charge in [0.05, 0.1) is 22.5 Å². The predicted molar refractivity (Wildman–Crippen MR) is 74.4 cm³/mol. The minimum absolute atomic E-state index is 0.365. The van der Waals surface area contributed by atoms with Gasteiger partial charge in [0.25, 0.3) is 0 Å². The van der Waals surface area contributed by atoms with E-state index < -0.39 is 6.10 Å². The van der Waals surface area contributed by atoms with E-state index in [1.807, 2.05) is 38.2 Å². The maximum atomic E-state index is 9.43. The van der Waals surface area contributed by atoms with Crippen LogP contribution in [-0.4, -0.2) is 14.9 Å². The summed E-state index contributed by atoms with van der Waals surface area (Å²) < 4.78 is 7.40. The summed E-state index contributed by atoms with van der Waals surface area (Å²) >= 11 is 6.15. The summed E-state index contributed by atoms with van der Waals surface area (Å²) in [6.45, 7) is 3.96. The van der Waals surface area contributed by atoms with Crippen LogP contribution < -0.4 is 4.74 Å². The predicted octanol–water partition coefficient (Wildman–Crippen LogP) is 3.01. The lowest BCUT2D eigenvalue weighted by atomic mass is 10.1. The van der Waals surface area contributed by atoms with E-state index in [4.69, 9.17) is 16.3 Å². The van der Waals surface area contributed by atoms with E-state index in [1.165, 1.54) is 0 Å². The van der Waals surface area contributed by atoms with Crippen molar-refractivity contribution in [2.75, 3.05) is 0 Å². The lowest BCUT2D eigenvalue weighted by Crippen LogP contribution is -2.03. The Morgan fingerprint density at radius 1 is 1.37 bits per heavy atom. The Morgan fingerprint density at radius 2 is 2.00 bits per heavy atom. The zero-order chi connectivity index (χ0) is 14.0. The number of aliphatic hydroxyl groups excluding tert-OH is 1. The molecular weight excluding hydrogens is 264 g/mol. The molecule has 0 unspecified atom stereocenters. The monoisotopic (exact) mass is 280 g/mol. The van der Waals surface area contributed by atoms with Crippen molar-refractivity contribution < 1.29 is 9.84 Å². The fraction of sp³-hybridized carbons (Fsp3) is 0.357. The van der Waals surface area contributed by atoms with Crippen LogP contribution in [0.25, 0.3) is 0 Å². The van der Waals surface area contributed by atoms with E-state index >= 15 is 0 Å². The Morgan fingerprint density at radius 3 is 2.47 bits per heavy atom. The summed E-state index contributed by atoms with van der Waals surface area (Å²) in [5.41, 5.74) is 2.51. The molecule has 102 valence electrons. The highest BCUT2D eigenvalue weighted by atomic mass is 35.5. The number of hydrogen-bond acceptors (Lipinski definition) is 3. The Balaban J connectivity index is 2.06. The lowest BCUT2D eigenvalue weighted by Gasteiger charge is -2.09. The second-order valence-electron chi connectivity index (χ2n) is 4.50. The third kappa shape index (κ3) is 3.08. The molecule has 0 amide bonds. The first-order valence-corrected chi connectivity index (χ1v) is 6.45. The average Bonchev–Trinajstić information content (AvgIpc) is 2.62. The van der Waals surface area contributed by atoms with Gasteiger partial charge in [-0.15, -0.1) is 0 Å². The molecule has 1 aromatic carbocycles. The summed E-state index contributed by atoms with van der Waals surface area (Å²) in [5, 5.41) is 14.3. The first-order valence-electron chi connectivity index (χ1n) is 6.08. The van der Waals surface area contributed by atoms with Gasteiger partial charge in [0, 0.05) is 7.05 Å². The van der Waals surface area contributed by atoms with Crippen molar-refractivity contribution in [3.63, 3.8) is 0 Å². The molecule has 5 heteroatoms. The van der Waals surface area contributed by atoms with Crippen LogP contribution in [0.4, 0.5) is 0 Å². The summed E-state index contributed by atoms with van der Waals surface area (Å²) in [7, 11) is 1.84. The van der Waals surface area contributed by atoms with E-state index in [1.54, 1.807) is 11.6 Å². The van der Waals surface area contributed by atoms with Gasteiger partial charge < -0.3 is 9.84 Å². The third-order valence-corrected chi connectivity index (χ3v) is 3.49. The van der Waals surface area contributed by atoms with Crippen LogP contribution >= 0.6 is 11.6 Å². The number of aryl methyl sites for hydroxylation is 2. The van der Waals surface area contributed by atoms with Crippen LogP contribution in [0.5, 0.6) is 5.75 Å². The Hall–Kier alpha value is -1.52. The molecule has 1 aromatic heterocycles. The van der Waals surface area contributed by atoms with Gasteiger partial charge in [0.15, 0.2) is 0 Å². The van der Waals surface area contributed by atoms with Crippen molar-refractivity contribution in [2.24, 2.45) is 7.05 Å². The van der Waals surface area contributed by atoms with E-state index in [0.29, 0.717) is 11.6 Å². The second-order valence-corrected chi connectivity index (χ2v) is 4.88. The van der Waals surface area contributed by atoms with Crippen molar-refractivity contribution >= 4 is 11.6 Å². The number of halogens is 1. The average molecular weight is 281 g/mol. The van der Waals surface area contributed by atoms with Gasteiger partial charge in [-0.25, -0.2) is 0 Å². The van der Waals surface area contributed by atoms with Gasteiger partial charge in [-0.2, -0.15) is 5.10 Å². The molecule has 0 aliphatic carbocycles. The highest BCUT2D eigenvalue weighted by Gasteiger charge is 2.11. The maximum Gasteiger partial charge on any atom is 0.131 e. The smallest absolute Gasteiger partial charge is 0.131 e. The zero-order valence-electron chi connectivity index (χ0n) is 11.2. The quantitative estimate of drug-likeness (QED) is 0.936. The van der Waals surface area contributed by atoms with Gasteiger partial charge >= 0.3 is 0 Å². The van der Waals surface area contributed by atoms with E-state index in [2.05, 4.69) is 5.10 Å². The molecule has 1 heterocycles. The Bertz CT molecular complexity index is 562. The largest absolute Gasteiger partial charge is 0.487 e. The molecular formula is C14H17ClN2O2. The van der Waals surface area contributed by atoms with Gasteiger partial charge in [0.1, 0.15) is 12.4 Å². The fourth-order valence-electron chi connectivity index (χ4n) is 1.83. The van der Waals surface area contributed by atoms with Gasteiger partial charge in [-0.3, -0.25) is 4.68 Å². The summed E-state index contributed by atoms with van der Waals surface area (Å²) in [6.07, 6.45) is -0.469. The number of aromatic nitrogens is 2. The number of ether oxygens (including phenoxy) is 1. The molecule has 0 fully saturated rings. The second kappa shape index (κ2) is 5.63. The minimum atomic E-state index is -0.469. The molecule has 4 nitrogen and oxygen atoms in total. The van der Waals surface area contributed by atoms with Crippen LogP contribution in [0.1, 0.15) is 30.0 Å². The topological polar surface area (TPSA) is 47.3 Å². The Labute approximate surface area is 117 Å². The maximum absolute atomic E-state index is 9.43. The van der Waals surface area contributed by atoms with Gasteiger partial charge in [-0.05, 0) is 31.5 Å². The van der Waals surface area contributed by atoms with Gasteiger partial charge in [0.2, 0.25) is 0 Å². The van der Waals surface area contributed by atoms with Crippen molar-refractivity contribution in [3.05, 3.63) is 46.2 Å². The molecule has 2 rings (SSSR count). The fourth-order valence-corrected chi connectivity index (χ4v) is 2.05. The van der Waals surface area contributed by atoms with E-state index in [0.717, 1.165) is 22.7 Å². The van der Waals surface area contributed by atoms with Crippen molar-refractivity contribution in [3.8, 4) is 5.75 Å². The van der Waals surface area contributed by atoms with Crippen LogP contribution in [0.2, 0.25) is 5.02 Å². The van der Waals surface area contributed by atoms with Crippen LogP contribution in [0.15, 0.2) is 24.3 Å². The molecule has 2 aromatic rings. The summed E-state index contributed by atoms with van der Waals surface area (Å²) in [5.74, 6) is 0.735. The first-order chi connectivity index (χ1) is 8.99. The number of aliphatic hydroxyl groups is 1. The zero-order valence-corrected chi connectivity index (χ0v) is 12.0. The molecule has 1 N–H and O–H groups in total. The Kier molecular flexibility index (Phi) is 4.12. The van der Waals surface area contributed by atoms with Crippen molar-refractivity contribution in [1.82, 2.24) is 9.78 Å². The molecule has 0 saturated carbocycles. The molecule has 0 aliphatic rings. The first kappa shape index (κ1) is 13.9. The third-order valence-electron chi connectivity index (χ3n) is 3.00. The number of rotatable bonds is 4. The number of benzene rings is 1. The van der Waals surface area contributed by atoms with E-state index in [9.17, 15) is 5.11 Å². The lowest BCUT2D eigenvalue weighted by molar-refractivity contribution is 0.199. The minimum Gasteiger partial charge on any atom is -0.487 e. The highest BCUT2D eigenvalue weighted by molar-refractivity contribution is 6.31. The van der Waals surface area contributed by atoms with Crippen molar-refractivity contribution in [1.29, 1.82) is 0 Å². The molecule has 0 spiro atoms. The molecule has 19 heavy (non-hydrogen) atoms. The normalized spacial score (nSPS) is 12.5. The molecule has 0 radical (unpaired) electrons. The van der Waals surface area contributed by atoms with Crippen molar-refractivity contribution in [2.45, 2.75) is 26.6 Å². The standard InChI is InChI=1S/C14H17ClN2O2/c1-9-14(15)13(17(3)16-9)8-19-12-6-4-11(5-7-12)10(2)18/h4-7,10,18H,8H2,1-3H3/t10-/m0/s1. The number of hydrogen-bond donors (Lipinski definition) is 1. The van der Waals surface area contributed by atoms with E-state index in [-0.39, 0.29) is 0 Å². The highest BCUT2D eigenvalue weighted by Crippen LogP contribution is 2.22. The molecule has 1 atom stereocenters. The molecule has 0 saturated heterocycles. The SMILES string of the molecule is Cc1nn(C)c(COc2ccc([C@H](C)O)cc2)c1Cl. The molecule has 0 bridgehead atoms. The van der Waals surface area contributed by atoms with Crippen LogP contribution in [-0.2, 0) is 13.7 Å². The van der Waals surface area contributed by atoms with Gasteiger partial charge in [-0.1, -0.05) is 23.7 Å². The molecule has 0 aliphatic heterocycles. The summed E-state index contributed by atoms with van der Waals surface area (Å²) in [4.78, 5) is 0.